The van der Waals surface area contributed by atoms with Crippen LogP contribution in [0.3, 0.4) is 0 Å². The standard InChI is InChI=1S/C10H15N3O/c1-8-6-11-10(12-7-8)13-9-2-4-14-5-3-9/h6-7,9H,2-5H2,1H3,(H,11,12,13)/i6D. The van der Waals surface area contributed by atoms with Gasteiger partial charge >= 0.3 is 0 Å². The zero-order chi connectivity index (χ0) is 10.7. The van der Waals surface area contributed by atoms with E-state index in [2.05, 4.69) is 15.3 Å². The van der Waals surface area contributed by atoms with E-state index in [4.69, 9.17) is 6.11 Å². The zero-order valence-corrected chi connectivity index (χ0v) is 8.29. The van der Waals surface area contributed by atoms with Gasteiger partial charge in [0.25, 0.3) is 0 Å². The fraction of sp³-hybridized carbons (Fsp3) is 0.600. The summed E-state index contributed by atoms with van der Waals surface area (Å²) >= 11 is 0. The van der Waals surface area contributed by atoms with E-state index in [0.29, 0.717) is 18.2 Å². The van der Waals surface area contributed by atoms with Gasteiger partial charge in [0.2, 0.25) is 5.95 Å². The number of aromatic nitrogens is 2. The molecular weight excluding hydrogens is 178 g/mol. The third-order valence-electron chi connectivity index (χ3n) is 2.27. The van der Waals surface area contributed by atoms with E-state index in [1.807, 2.05) is 6.92 Å². The van der Waals surface area contributed by atoms with E-state index in [1.54, 1.807) is 6.20 Å². The highest BCUT2D eigenvalue weighted by atomic mass is 16.5. The average molecular weight is 194 g/mol. The van der Waals surface area contributed by atoms with Crippen LogP contribution < -0.4 is 5.32 Å². The molecule has 2 rings (SSSR count). The summed E-state index contributed by atoms with van der Waals surface area (Å²) in [5.74, 6) is 0.553. The highest BCUT2D eigenvalue weighted by molar-refractivity contribution is 5.26. The first kappa shape index (κ1) is 8.17. The van der Waals surface area contributed by atoms with Crippen LogP contribution in [-0.2, 0) is 4.74 Å². The normalized spacial score (nSPS) is 19.1. The van der Waals surface area contributed by atoms with E-state index in [-0.39, 0.29) is 0 Å². The Balaban J connectivity index is 2.00. The summed E-state index contributed by atoms with van der Waals surface area (Å²) in [5.41, 5.74) is 0.799. The lowest BCUT2D eigenvalue weighted by molar-refractivity contribution is 0.0903. The molecule has 0 saturated carbocycles. The number of nitrogens with zero attached hydrogens (tertiary/aromatic N) is 2. The summed E-state index contributed by atoms with van der Waals surface area (Å²) in [6.07, 6.45) is 3.92. The number of ether oxygens (including phenoxy) is 1. The summed E-state index contributed by atoms with van der Waals surface area (Å²) in [6.45, 7) is 3.41. The van der Waals surface area contributed by atoms with Crippen molar-refractivity contribution in [3.05, 3.63) is 17.9 Å². The molecule has 0 bridgehead atoms. The van der Waals surface area contributed by atoms with Crippen LogP contribution >= 0.6 is 0 Å². The molecule has 0 radical (unpaired) electrons. The van der Waals surface area contributed by atoms with Crippen molar-refractivity contribution in [3.63, 3.8) is 0 Å². The number of anilines is 1. The third kappa shape index (κ3) is 2.42. The molecule has 1 aromatic heterocycles. The topological polar surface area (TPSA) is 47.0 Å². The van der Waals surface area contributed by atoms with Crippen molar-refractivity contribution in [3.8, 4) is 0 Å². The van der Waals surface area contributed by atoms with Gasteiger partial charge in [0.1, 0.15) is 0 Å². The zero-order valence-electron chi connectivity index (χ0n) is 9.29. The van der Waals surface area contributed by atoms with Gasteiger partial charge in [-0.15, -0.1) is 0 Å². The maximum atomic E-state index is 7.56. The molecule has 0 amide bonds. The van der Waals surface area contributed by atoms with Gasteiger partial charge in [0.15, 0.2) is 0 Å². The Morgan fingerprint density at radius 1 is 1.50 bits per heavy atom. The van der Waals surface area contributed by atoms with Crippen molar-refractivity contribution < 1.29 is 6.11 Å². The quantitative estimate of drug-likeness (QED) is 0.772. The van der Waals surface area contributed by atoms with Crippen molar-refractivity contribution in [1.29, 1.82) is 0 Å². The molecule has 1 fully saturated rings. The van der Waals surface area contributed by atoms with Gasteiger partial charge in [-0.2, -0.15) is 0 Å². The van der Waals surface area contributed by atoms with Gasteiger partial charge < -0.3 is 10.1 Å². The molecular formula is C10H15N3O. The highest BCUT2D eigenvalue weighted by Gasteiger charge is 2.13. The van der Waals surface area contributed by atoms with Crippen LogP contribution in [0.5, 0.6) is 0 Å². The van der Waals surface area contributed by atoms with Crippen LogP contribution in [0.2, 0.25) is 0 Å². The highest BCUT2D eigenvalue weighted by Crippen LogP contribution is 2.11. The molecule has 14 heavy (non-hydrogen) atoms. The van der Waals surface area contributed by atoms with Gasteiger partial charge in [-0.05, 0) is 25.3 Å². The second-order valence-corrected chi connectivity index (χ2v) is 3.52. The van der Waals surface area contributed by atoms with Gasteiger partial charge in [0, 0.05) is 31.6 Å². The third-order valence-corrected chi connectivity index (χ3v) is 2.27. The fourth-order valence-corrected chi connectivity index (χ4v) is 1.45. The monoisotopic (exact) mass is 194 g/mol. The molecule has 4 heteroatoms. The molecule has 1 aromatic rings. The first-order chi connectivity index (χ1) is 7.25. The second-order valence-electron chi connectivity index (χ2n) is 3.52. The van der Waals surface area contributed by atoms with E-state index < -0.39 is 0 Å². The Labute approximate surface area is 85.1 Å². The maximum Gasteiger partial charge on any atom is 0.222 e. The molecule has 1 N–H and O–H groups in total. The van der Waals surface area contributed by atoms with Crippen LogP contribution in [0.25, 0.3) is 0 Å². The van der Waals surface area contributed by atoms with E-state index in [9.17, 15) is 0 Å². The minimum Gasteiger partial charge on any atom is -0.381 e. The van der Waals surface area contributed by atoms with E-state index >= 15 is 0 Å². The lowest BCUT2D eigenvalue weighted by Crippen LogP contribution is -2.28. The number of nitrogens with one attached hydrogen (secondary N) is 1. The molecule has 1 aliphatic rings. The first-order valence-corrected chi connectivity index (χ1v) is 4.90. The van der Waals surface area contributed by atoms with Crippen molar-refractivity contribution in [2.24, 2.45) is 0 Å². The van der Waals surface area contributed by atoms with Crippen molar-refractivity contribution in [2.45, 2.75) is 25.8 Å². The molecule has 0 unspecified atom stereocenters. The molecule has 0 atom stereocenters. The van der Waals surface area contributed by atoms with Crippen molar-refractivity contribution in [2.75, 3.05) is 18.5 Å². The number of rotatable bonds is 2. The van der Waals surface area contributed by atoms with Gasteiger partial charge in [-0.1, -0.05) is 0 Å². The molecule has 76 valence electrons. The lowest BCUT2D eigenvalue weighted by Gasteiger charge is -2.22. The van der Waals surface area contributed by atoms with Gasteiger partial charge in [-0.3, -0.25) is 0 Å². The molecule has 1 saturated heterocycles. The smallest absolute Gasteiger partial charge is 0.222 e. The van der Waals surface area contributed by atoms with Gasteiger partial charge in [0.05, 0.1) is 1.37 Å². The Morgan fingerprint density at radius 2 is 2.29 bits per heavy atom. The molecule has 2 heterocycles. The second kappa shape index (κ2) is 4.37. The summed E-state index contributed by atoms with van der Waals surface area (Å²) in [4.78, 5) is 8.22. The Morgan fingerprint density at radius 3 is 3.00 bits per heavy atom. The molecule has 0 aromatic carbocycles. The minimum atomic E-state index is 0.291. The molecule has 0 aliphatic carbocycles. The van der Waals surface area contributed by atoms with E-state index in [0.717, 1.165) is 31.6 Å². The van der Waals surface area contributed by atoms with Crippen LogP contribution in [0.4, 0.5) is 5.95 Å². The average Bonchev–Trinajstić information content (AvgIpc) is 2.25. The minimum absolute atomic E-state index is 0.291. The van der Waals surface area contributed by atoms with E-state index in [1.165, 1.54) is 0 Å². The first-order valence-electron chi connectivity index (χ1n) is 5.40. The number of hydrogen-bond donors (Lipinski definition) is 1. The summed E-state index contributed by atoms with van der Waals surface area (Å²) in [6, 6.07) is 0.376. The Kier molecular flexibility index (Phi) is 2.55. The summed E-state index contributed by atoms with van der Waals surface area (Å²) in [5, 5.41) is 3.23. The molecule has 1 aliphatic heterocycles. The van der Waals surface area contributed by atoms with Crippen LogP contribution in [0.15, 0.2) is 12.4 Å². The van der Waals surface area contributed by atoms with Gasteiger partial charge in [-0.25, -0.2) is 9.97 Å². The van der Waals surface area contributed by atoms with Crippen LogP contribution in [0, 0.1) is 6.92 Å². The Hall–Kier alpha value is -1.16. The summed E-state index contributed by atoms with van der Waals surface area (Å²) in [7, 11) is 0. The van der Waals surface area contributed by atoms with Crippen molar-refractivity contribution in [1.82, 2.24) is 9.97 Å². The SMILES string of the molecule is [2H]c1nc(NC2CCOCC2)ncc1C. The summed E-state index contributed by atoms with van der Waals surface area (Å²) < 4.78 is 12.8. The predicted octanol–water partition coefficient (Wildman–Crippen LogP) is 1.38. The molecule has 4 nitrogen and oxygen atoms in total. The van der Waals surface area contributed by atoms with Crippen molar-refractivity contribution >= 4 is 5.95 Å². The van der Waals surface area contributed by atoms with Crippen LogP contribution in [-0.4, -0.2) is 29.2 Å². The van der Waals surface area contributed by atoms with Crippen LogP contribution in [0.1, 0.15) is 19.8 Å². The lowest BCUT2D eigenvalue weighted by atomic mass is 10.1. The number of hydrogen-bond acceptors (Lipinski definition) is 4. The largest absolute Gasteiger partial charge is 0.381 e. The predicted molar refractivity (Wildman–Crippen MR) is 54.2 cm³/mol. The maximum absolute atomic E-state index is 7.56. The number of aryl methyl sites for hydroxylation is 1. The fourth-order valence-electron chi connectivity index (χ4n) is 1.45. The Bertz CT molecular complexity index is 339. The molecule has 0 spiro atoms.